The van der Waals surface area contributed by atoms with Crippen molar-refractivity contribution in [2.45, 2.75) is 18.9 Å². The van der Waals surface area contributed by atoms with E-state index in [0.29, 0.717) is 24.4 Å². The fourth-order valence-corrected chi connectivity index (χ4v) is 1.59. The second-order valence-electron chi connectivity index (χ2n) is 3.77. The van der Waals surface area contributed by atoms with Gasteiger partial charge in [0.2, 0.25) is 5.88 Å². The third-order valence-corrected chi connectivity index (χ3v) is 2.63. The number of ether oxygens (including phenoxy) is 1. The van der Waals surface area contributed by atoms with Crippen LogP contribution in [0.2, 0.25) is 0 Å². The molecule has 0 amide bonds. The summed E-state index contributed by atoms with van der Waals surface area (Å²) in [5.74, 6) is 2.05. The minimum absolute atomic E-state index is 0.324. The molecule has 3 N–H and O–H groups in total. The number of nitrogens with two attached hydrogens (primary N) is 1. The predicted octanol–water partition coefficient (Wildman–Crippen LogP) is 0.634. The monoisotopic (exact) mass is 208 g/mol. The summed E-state index contributed by atoms with van der Waals surface area (Å²) in [7, 11) is 1.59. The molecular weight excluding hydrogens is 192 g/mol. The zero-order valence-corrected chi connectivity index (χ0v) is 8.81. The number of hydrogen-bond acceptors (Lipinski definition) is 5. The Labute approximate surface area is 89.1 Å². The molecule has 1 aromatic rings. The van der Waals surface area contributed by atoms with Gasteiger partial charge in [-0.2, -0.15) is 0 Å². The Morgan fingerprint density at radius 1 is 1.60 bits per heavy atom. The number of hydrogen-bond donors (Lipinski definition) is 2. The van der Waals surface area contributed by atoms with Crippen LogP contribution in [0.4, 0.5) is 5.82 Å². The Balaban J connectivity index is 2.01. The summed E-state index contributed by atoms with van der Waals surface area (Å²) < 4.78 is 5.02. The maximum absolute atomic E-state index is 5.69. The van der Waals surface area contributed by atoms with E-state index in [1.54, 1.807) is 13.2 Å². The first-order valence-electron chi connectivity index (χ1n) is 5.16. The zero-order valence-electron chi connectivity index (χ0n) is 8.81. The molecule has 2 rings (SSSR count). The molecule has 0 aliphatic heterocycles. The molecule has 0 spiro atoms. The lowest BCUT2D eigenvalue weighted by Crippen LogP contribution is -2.31. The van der Waals surface area contributed by atoms with Crippen LogP contribution in [-0.4, -0.2) is 29.7 Å². The van der Waals surface area contributed by atoms with Crippen molar-refractivity contribution in [2.75, 3.05) is 19.0 Å². The number of nitrogens with zero attached hydrogens (tertiary/aromatic N) is 2. The molecule has 1 heterocycles. The molecule has 1 atom stereocenters. The Bertz CT molecular complexity index is 327. The van der Waals surface area contributed by atoms with E-state index in [1.807, 2.05) is 0 Å². The van der Waals surface area contributed by atoms with Crippen molar-refractivity contribution in [1.82, 2.24) is 9.97 Å². The van der Waals surface area contributed by atoms with Gasteiger partial charge < -0.3 is 15.8 Å². The smallest absolute Gasteiger partial charge is 0.218 e. The van der Waals surface area contributed by atoms with Crippen molar-refractivity contribution in [3.63, 3.8) is 0 Å². The normalized spacial score (nSPS) is 17.2. The van der Waals surface area contributed by atoms with Crippen LogP contribution in [0.25, 0.3) is 0 Å². The van der Waals surface area contributed by atoms with E-state index in [2.05, 4.69) is 15.3 Å². The highest BCUT2D eigenvalue weighted by Gasteiger charge is 2.30. The van der Waals surface area contributed by atoms with Crippen LogP contribution < -0.4 is 15.8 Å². The Morgan fingerprint density at radius 2 is 2.40 bits per heavy atom. The van der Waals surface area contributed by atoms with Gasteiger partial charge in [-0.25, -0.2) is 9.97 Å². The molecular formula is C10H16N4O. The van der Waals surface area contributed by atoms with Crippen molar-refractivity contribution in [2.24, 2.45) is 11.7 Å². The van der Waals surface area contributed by atoms with Crippen molar-refractivity contribution >= 4 is 5.82 Å². The first-order valence-corrected chi connectivity index (χ1v) is 5.16. The van der Waals surface area contributed by atoms with Gasteiger partial charge in [0.05, 0.1) is 7.11 Å². The van der Waals surface area contributed by atoms with Gasteiger partial charge >= 0.3 is 0 Å². The molecule has 1 aliphatic rings. The van der Waals surface area contributed by atoms with E-state index in [0.717, 1.165) is 5.82 Å². The molecule has 82 valence electrons. The summed E-state index contributed by atoms with van der Waals surface area (Å²) in [6, 6.07) is 2.11. The highest BCUT2D eigenvalue weighted by Crippen LogP contribution is 2.33. The fourth-order valence-electron chi connectivity index (χ4n) is 1.59. The molecule has 0 radical (unpaired) electrons. The van der Waals surface area contributed by atoms with E-state index in [-0.39, 0.29) is 0 Å². The van der Waals surface area contributed by atoms with E-state index in [9.17, 15) is 0 Å². The molecule has 1 unspecified atom stereocenters. The lowest BCUT2D eigenvalue weighted by molar-refractivity contribution is 0.397. The summed E-state index contributed by atoms with van der Waals surface area (Å²) in [6.45, 7) is 0.636. The summed E-state index contributed by atoms with van der Waals surface area (Å²) >= 11 is 0. The zero-order chi connectivity index (χ0) is 10.7. The maximum atomic E-state index is 5.69. The summed E-state index contributed by atoms with van der Waals surface area (Å²) in [5, 5.41) is 3.31. The number of anilines is 1. The van der Waals surface area contributed by atoms with Crippen molar-refractivity contribution in [1.29, 1.82) is 0 Å². The highest BCUT2D eigenvalue weighted by molar-refractivity contribution is 5.38. The maximum Gasteiger partial charge on any atom is 0.218 e. The Kier molecular flexibility index (Phi) is 3.01. The molecule has 5 nitrogen and oxygen atoms in total. The van der Waals surface area contributed by atoms with Crippen molar-refractivity contribution in [3.8, 4) is 5.88 Å². The van der Waals surface area contributed by atoms with Gasteiger partial charge in [0.15, 0.2) is 0 Å². The van der Waals surface area contributed by atoms with Crippen molar-refractivity contribution in [3.05, 3.63) is 12.4 Å². The van der Waals surface area contributed by atoms with Gasteiger partial charge in [-0.1, -0.05) is 0 Å². The van der Waals surface area contributed by atoms with Gasteiger partial charge in [-0.3, -0.25) is 0 Å². The number of aromatic nitrogens is 2. The van der Waals surface area contributed by atoms with Crippen LogP contribution >= 0.6 is 0 Å². The highest BCUT2D eigenvalue weighted by atomic mass is 16.5. The molecule has 1 aliphatic carbocycles. The van der Waals surface area contributed by atoms with Crippen LogP contribution in [0.5, 0.6) is 5.88 Å². The van der Waals surface area contributed by atoms with Gasteiger partial charge in [-0.05, 0) is 18.8 Å². The summed E-state index contributed by atoms with van der Waals surface area (Å²) in [4.78, 5) is 8.07. The lowest BCUT2D eigenvalue weighted by atomic mass is 10.2. The second-order valence-corrected chi connectivity index (χ2v) is 3.77. The third kappa shape index (κ3) is 2.56. The lowest BCUT2D eigenvalue weighted by Gasteiger charge is -2.16. The fraction of sp³-hybridized carbons (Fsp3) is 0.600. The van der Waals surface area contributed by atoms with E-state index >= 15 is 0 Å². The van der Waals surface area contributed by atoms with Crippen LogP contribution in [0.1, 0.15) is 12.8 Å². The molecule has 1 fully saturated rings. The minimum atomic E-state index is 0.324. The standard InChI is InChI=1S/C10H16N4O/c1-15-10-4-9(12-6-13-10)14-8(5-11)7-2-3-7/h4,6-8H,2-3,5,11H2,1H3,(H,12,13,14). The van der Waals surface area contributed by atoms with Crippen LogP contribution in [-0.2, 0) is 0 Å². The Hall–Kier alpha value is -1.36. The number of methoxy groups -OCH3 is 1. The average molecular weight is 208 g/mol. The number of rotatable bonds is 5. The van der Waals surface area contributed by atoms with Gasteiger partial charge in [-0.15, -0.1) is 0 Å². The van der Waals surface area contributed by atoms with Crippen molar-refractivity contribution < 1.29 is 4.74 Å². The first kappa shape index (κ1) is 10.2. The molecule has 0 saturated heterocycles. The minimum Gasteiger partial charge on any atom is -0.481 e. The van der Waals surface area contributed by atoms with E-state index in [4.69, 9.17) is 10.5 Å². The van der Waals surface area contributed by atoms with Gasteiger partial charge in [0, 0.05) is 18.7 Å². The number of nitrogens with one attached hydrogen (secondary N) is 1. The molecule has 5 heteroatoms. The van der Waals surface area contributed by atoms with E-state index in [1.165, 1.54) is 19.2 Å². The Morgan fingerprint density at radius 3 is 3.00 bits per heavy atom. The van der Waals surface area contributed by atoms with Gasteiger partial charge in [0.1, 0.15) is 12.1 Å². The second kappa shape index (κ2) is 4.44. The van der Waals surface area contributed by atoms with Crippen LogP contribution in [0.3, 0.4) is 0 Å². The SMILES string of the molecule is COc1cc(NC(CN)C2CC2)ncn1. The quantitative estimate of drug-likeness (QED) is 0.742. The van der Waals surface area contributed by atoms with Gasteiger partial charge in [0.25, 0.3) is 0 Å². The molecule has 1 saturated carbocycles. The molecule has 0 aromatic carbocycles. The summed E-state index contributed by atoms with van der Waals surface area (Å²) in [6.07, 6.45) is 4.01. The van der Waals surface area contributed by atoms with E-state index < -0.39 is 0 Å². The molecule has 15 heavy (non-hydrogen) atoms. The largest absolute Gasteiger partial charge is 0.481 e. The predicted molar refractivity (Wildman–Crippen MR) is 57.8 cm³/mol. The topological polar surface area (TPSA) is 73.1 Å². The first-order chi connectivity index (χ1) is 7.33. The third-order valence-electron chi connectivity index (χ3n) is 2.63. The van der Waals surface area contributed by atoms with Crippen LogP contribution in [0, 0.1) is 5.92 Å². The average Bonchev–Trinajstić information content (AvgIpc) is 3.10. The van der Waals surface area contributed by atoms with Crippen LogP contribution in [0.15, 0.2) is 12.4 Å². The molecule has 1 aromatic heterocycles. The molecule has 0 bridgehead atoms. The summed E-state index contributed by atoms with van der Waals surface area (Å²) in [5.41, 5.74) is 5.69.